The molecule has 17 heavy (non-hydrogen) atoms. The Kier molecular flexibility index (Phi) is 4.20. The molecule has 1 aromatic carbocycles. The third-order valence-electron chi connectivity index (χ3n) is 3.01. The van der Waals surface area contributed by atoms with Crippen LogP contribution in [0.15, 0.2) is 18.2 Å². The standard InChI is InChI=1S/C13H15ClN2S/c1-2-11-9-16(5-6-17-11)13-4-3-10(8-15)7-12(13)14/h3-4,7,11H,2,5-6,9H2,1H3. The van der Waals surface area contributed by atoms with Gasteiger partial charge in [0.05, 0.1) is 22.3 Å². The Balaban J connectivity index is 2.19. The summed E-state index contributed by atoms with van der Waals surface area (Å²) in [7, 11) is 0. The van der Waals surface area contributed by atoms with Gasteiger partial charge < -0.3 is 4.90 Å². The first-order chi connectivity index (χ1) is 8.24. The highest BCUT2D eigenvalue weighted by Gasteiger charge is 2.20. The normalized spacial score (nSPS) is 20.1. The molecule has 2 nitrogen and oxygen atoms in total. The SMILES string of the molecule is CCC1CN(c2ccc(C#N)cc2Cl)CCS1. The second kappa shape index (κ2) is 5.66. The number of thioether (sulfide) groups is 1. The van der Waals surface area contributed by atoms with E-state index in [9.17, 15) is 0 Å². The lowest BCUT2D eigenvalue weighted by Crippen LogP contribution is -2.37. The van der Waals surface area contributed by atoms with E-state index in [1.165, 1.54) is 6.42 Å². The van der Waals surface area contributed by atoms with E-state index in [-0.39, 0.29) is 0 Å². The fourth-order valence-electron chi connectivity index (χ4n) is 2.02. The Morgan fingerprint density at radius 1 is 1.59 bits per heavy atom. The summed E-state index contributed by atoms with van der Waals surface area (Å²) in [4.78, 5) is 2.33. The molecule has 1 unspecified atom stereocenters. The quantitative estimate of drug-likeness (QED) is 0.819. The van der Waals surface area contributed by atoms with Crippen LogP contribution in [0.5, 0.6) is 0 Å². The molecule has 0 N–H and O–H groups in total. The molecular formula is C13H15ClN2S. The zero-order valence-electron chi connectivity index (χ0n) is 9.82. The topological polar surface area (TPSA) is 27.0 Å². The number of rotatable bonds is 2. The van der Waals surface area contributed by atoms with Crippen molar-refractivity contribution in [2.45, 2.75) is 18.6 Å². The van der Waals surface area contributed by atoms with Crippen LogP contribution < -0.4 is 4.90 Å². The fraction of sp³-hybridized carbons (Fsp3) is 0.462. The number of nitrogens with zero attached hydrogens (tertiary/aromatic N) is 2. The van der Waals surface area contributed by atoms with Gasteiger partial charge in [-0.25, -0.2) is 0 Å². The minimum absolute atomic E-state index is 0.622. The molecule has 1 fully saturated rings. The second-order valence-electron chi connectivity index (χ2n) is 4.13. The van der Waals surface area contributed by atoms with Gasteiger partial charge in [-0.05, 0) is 24.6 Å². The molecule has 2 rings (SSSR count). The average molecular weight is 267 g/mol. The molecule has 1 saturated heterocycles. The van der Waals surface area contributed by atoms with Crippen molar-refractivity contribution in [3.05, 3.63) is 28.8 Å². The summed E-state index contributed by atoms with van der Waals surface area (Å²) in [6.45, 7) is 4.31. The summed E-state index contributed by atoms with van der Waals surface area (Å²) in [5.41, 5.74) is 1.68. The van der Waals surface area contributed by atoms with Crippen LogP contribution >= 0.6 is 23.4 Å². The Morgan fingerprint density at radius 2 is 2.41 bits per heavy atom. The molecule has 0 aromatic heterocycles. The van der Waals surface area contributed by atoms with E-state index in [0.717, 1.165) is 24.5 Å². The van der Waals surface area contributed by atoms with E-state index >= 15 is 0 Å². The minimum Gasteiger partial charge on any atom is -0.368 e. The molecule has 1 aliphatic rings. The van der Waals surface area contributed by atoms with Gasteiger partial charge in [-0.2, -0.15) is 17.0 Å². The number of hydrogen-bond donors (Lipinski definition) is 0. The first-order valence-electron chi connectivity index (χ1n) is 5.80. The Morgan fingerprint density at radius 3 is 3.06 bits per heavy atom. The van der Waals surface area contributed by atoms with Gasteiger partial charge in [-0.1, -0.05) is 18.5 Å². The molecule has 0 spiro atoms. The van der Waals surface area contributed by atoms with Crippen molar-refractivity contribution >= 4 is 29.1 Å². The third kappa shape index (κ3) is 2.88. The van der Waals surface area contributed by atoms with E-state index in [1.54, 1.807) is 6.07 Å². The zero-order chi connectivity index (χ0) is 12.3. The van der Waals surface area contributed by atoms with Crippen molar-refractivity contribution in [2.24, 2.45) is 0 Å². The van der Waals surface area contributed by atoms with E-state index in [0.29, 0.717) is 15.8 Å². The minimum atomic E-state index is 0.622. The summed E-state index contributed by atoms with van der Waals surface area (Å²) in [6.07, 6.45) is 1.19. The van der Waals surface area contributed by atoms with Crippen LogP contribution in [0, 0.1) is 11.3 Å². The van der Waals surface area contributed by atoms with Crippen molar-refractivity contribution in [3.63, 3.8) is 0 Å². The lowest BCUT2D eigenvalue weighted by Gasteiger charge is -2.34. The van der Waals surface area contributed by atoms with Crippen LogP contribution in [-0.2, 0) is 0 Å². The van der Waals surface area contributed by atoms with Gasteiger partial charge in [0.25, 0.3) is 0 Å². The van der Waals surface area contributed by atoms with Crippen molar-refractivity contribution in [3.8, 4) is 6.07 Å². The van der Waals surface area contributed by atoms with Crippen molar-refractivity contribution in [1.29, 1.82) is 5.26 Å². The second-order valence-corrected chi connectivity index (χ2v) is 5.94. The van der Waals surface area contributed by atoms with E-state index in [2.05, 4.69) is 17.9 Å². The highest BCUT2D eigenvalue weighted by atomic mass is 35.5. The monoisotopic (exact) mass is 266 g/mol. The fourth-order valence-corrected chi connectivity index (χ4v) is 3.50. The van der Waals surface area contributed by atoms with Crippen molar-refractivity contribution in [1.82, 2.24) is 0 Å². The Hall–Kier alpha value is -0.850. The van der Waals surface area contributed by atoms with E-state index in [4.69, 9.17) is 16.9 Å². The predicted octanol–water partition coefficient (Wildman–Crippen LogP) is 3.54. The molecule has 0 bridgehead atoms. The lowest BCUT2D eigenvalue weighted by atomic mass is 10.2. The Bertz CT molecular complexity index is 442. The maximum absolute atomic E-state index is 8.82. The van der Waals surface area contributed by atoms with Crippen LogP contribution in [0.4, 0.5) is 5.69 Å². The molecule has 1 aliphatic heterocycles. The van der Waals surface area contributed by atoms with Gasteiger partial charge in [-0.15, -0.1) is 0 Å². The maximum atomic E-state index is 8.82. The van der Waals surface area contributed by atoms with Gasteiger partial charge in [-0.3, -0.25) is 0 Å². The first kappa shape index (κ1) is 12.6. The van der Waals surface area contributed by atoms with Crippen LogP contribution in [0.25, 0.3) is 0 Å². The molecule has 1 aromatic rings. The van der Waals surface area contributed by atoms with E-state index < -0.39 is 0 Å². The zero-order valence-corrected chi connectivity index (χ0v) is 11.4. The number of halogens is 1. The van der Waals surface area contributed by atoms with Crippen molar-refractivity contribution in [2.75, 3.05) is 23.7 Å². The van der Waals surface area contributed by atoms with Crippen molar-refractivity contribution < 1.29 is 0 Å². The first-order valence-corrected chi connectivity index (χ1v) is 7.23. The summed E-state index contributed by atoms with van der Waals surface area (Å²) in [5, 5.41) is 10.2. The summed E-state index contributed by atoms with van der Waals surface area (Å²) < 4.78 is 0. The van der Waals surface area contributed by atoms with Gasteiger partial charge in [0.15, 0.2) is 0 Å². The molecule has 1 atom stereocenters. The van der Waals surface area contributed by atoms with E-state index in [1.807, 2.05) is 23.9 Å². The van der Waals surface area contributed by atoms with Crippen LogP contribution in [-0.4, -0.2) is 24.1 Å². The van der Waals surface area contributed by atoms with Gasteiger partial charge >= 0.3 is 0 Å². The highest BCUT2D eigenvalue weighted by molar-refractivity contribution is 8.00. The summed E-state index contributed by atoms with van der Waals surface area (Å²) in [6, 6.07) is 7.66. The molecule has 0 radical (unpaired) electrons. The van der Waals surface area contributed by atoms with Crippen LogP contribution in [0.3, 0.4) is 0 Å². The van der Waals surface area contributed by atoms with Gasteiger partial charge in [0.1, 0.15) is 0 Å². The Labute approximate surface area is 112 Å². The molecule has 0 amide bonds. The molecule has 90 valence electrons. The largest absolute Gasteiger partial charge is 0.368 e. The summed E-state index contributed by atoms with van der Waals surface area (Å²) >= 11 is 8.27. The van der Waals surface area contributed by atoms with Crippen LogP contribution in [0.2, 0.25) is 5.02 Å². The number of anilines is 1. The maximum Gasteiger partial charge on any atom is 0.0992 e. The van der Waals surface area contributed by atoms with Gasteiger partial charge in [0.2, 0.25) is 0 Å². The predicted molar refractivity (Wildman–Crippen MR) is 74.9 cm³/mol. The number of benzene rings is 1. The number of hydrogen-bond acceptors (Lipinski definition) is 3. The number of nitriles is 1. The molecule has 0 saturated carbocycles. The third-order valence-corrected chi connectivity index (χ3v) is 4.69. The molecule has 0 aliphatic carbocycles. The smallest absolute Gasteiger partial charge is 0.0992 e. The molecular weight excluding hydrogens is 252 g/mol. The van der Waals surface area contributed by atoms with Gasteiger partial charge in [0, 0.05) is 24.1 Å². The summed E-state index contributed by atoms with van der Waals surface area (Å²) in [5.74, 6) is 1.15. The molecule has 1 heterocycles. The average Bonchev–Trinajstić information content (AvgIpc) is 2.38. The lowest BCUT2D eigenvalue weighted by molar-refractivity contribution is 0.728. The molecule has 4 heteroatoms. The van der Waals surface area contributed by atoms with Crippen LogP contribution in [0.1, 0.15) is 18.9 Å². The highest BCUT2D eigenvalue weighted by Crippen LogP contribution is 2.31.